The number of rotatable bonds is 5. The lowest BCUT2D eigenvalue weighted by atomic mass is 10.1. The van der Waals surface area contributed by atoms with Crippen molar-refractivity contribution in [3.05, 3.63) is 63.6 Å². The van der Waals surface area contributed by atoms with Crippen LogP contribution >= 0.6 is 0 Å². The molecule has 0 saturated carbocycles. The Morgan fingerprint density at radius 1 is 1.14 bits per heavy atom. The van der Waals surface area contributed by atoms with E-state index in [-0.39, 0.29) is 23.7 Å². The van der Waals surface area contributed by atoms with Crippen molar-refractivity contribution in [2.24, 2.45) is 0 Å². The number of aromatic nitrogens is 2. The van der Waals surface area contributed by atoms with Crippen molar-refractivity contribution < 1.29 is 9.59 Å². The molecule has 2 aromatic rings. The fourth-order valence-corrected chi connectivity index (χ4v) is 1.83. The summed E-state index contributed by atoms with van der Waals surface area (Å²) in [6, 6.07) is 9.57. The molecule has 0 radical (unpaired) electrons. The number of aromatic amines is 1. The summed E-state index contributed by atoms with van der Waals surface area (Å²) in [6.07, 6.45) is 0. The lowest BCUT2D eigenvalue weighted by Gasteiger charge is -2.07. The first-order chi connectivity index (χ1) is 10.6. The molecule has 2 rings (SSSR count). The van der Waals surface area contributed by atoms with Crippen LogP contribution in [0.5, 0.6) is 0 Å². The SMILES string of the molecule is CCNC(=O)c1cccc(CNC(=O)c2ccc(=O)[nH]n2)c1. The number of hydrogen-bond donors (Lipinski definition) is 3. The van der Waals surface area contributed by atoms with E-state index in [0.29, 0.717) is 12.1 Å². The van der Waals surface area contributed by atoms with Gasteiger partial charge in [-0.1, -0.05) is 12.1 Å². The minimum atomic E-state index is -0.403. The molecular formula is C15H16N4O3. The van der Waals surface area contributed by atoms with E-state index in [1.807, 2.05) is 13.0 Å². The number of carbonyl (C=O) groups excluding carboxylic acids is 2. The van der Waals surface area contributed by atoms with Gasteiger partial charge in [0.25, 0.3) is 17.4 Å². The maximum absolute atomic E-state index is 11.9. The lowest BCUT2D eigenvalue weighted by molar-refractivity contribution is 0.0942. The highest BCUT2D eigenvalue weighted by Crippen LogP contribution is 2.05. The van der Waals surface area contributed by atoms with Gasteiger partial charge in [-0.3, -0.25) is 14.4 Å². The molecule has 0 spiro atoms. The molecule has 1 aromatic carbocycles. The second kappa shape index (κ2) is 7.16. The highest BCUT2D eigenvalue weighted by Gasteiger charge is 2.08. The number of carbonyl (C=O) groups is 2. The van der Waals surface area contributed by atoms with Crippen molar-refractivity contribution in [3.8, 4) is 0 Å². The Morgan fingerprint density at radius 2 is 1.95 bits per heavy atom. The molecule has 22 heavy (non-hydrogen) atoms. The van der Waals surface area contributed by atoms with Gasteiger partial charge < -0.3 is 10.6 Å². The zero-order valence-corrected chi connectivity index (χ0v) is 12.1. The predicted molar refractivity (Wildman–Crippen MR) is 80.5 cm³/mol. The van der Waals surface area contributed by atoms with Gasteiger partial charge in [0.2, 0.25) is 0 Å². The number of nitrogens with one attached hydrogen (secondary N) is 3. The molecule has 0 aliphatic rings. The topological polar surface area (TPSA) is 104 Å². The van der Waals surface area contributed by atoms with Crippen LogP contribution in [0.25, 0.3) is 0 Å². The summed E-state index contributed by atoms with van der Waals surface area (Å²) in [7, 11) is 0. The van der Waals surface area contributed by atoms with Crippen LogP contribution in [-0.2, 0) is 6.54 Å². The Hall–Kier alpha value is -2.96. The van der Waals surface area contributed by atoms with Gasteiger partial charge >= 0.3 is 0 Å². The first-order valence-corrected chi connectivity index (χ1v) is 6.81. The zero-order chi connectivity index (χ0) is 15.9. The second-order valence-corrected chi connectivity index (χ2v) is 4.55. The van der Waals surface area contributed by atoms with Gasteiger partial charge in [-0.15, -0.1) is 0 Å². The maximum Gasteiger partial charge on any atom is 0.271 e. The minimum Gasteiger partial charge on any atom is -0.352 e. The van der Waals surface area contributed by atoms with Gasteiger partial charge in [0, 0.05) is 24.7 Å². The van der Waals surface area contributed by atoms with E-state index in [1.165, 1.54) is 12.1 Å². The van der Waals surface area contributed by atoms with Crippen molar-refractivity contribution in [2.45, 2.75) is 13.5 Å². The molecular weight excluding hydrogens is 284 g/mol. The third-order valence-electron chi connectivity index (χ3n) is 2.89. The first-order valence-electron chi connectivity index (χ1n) is 6.81. The van der Waals surface area contributed by atoms with E-state index < -0.39 is 5.91 Å². The maximum atomic E-state index is 11.9. The summed E-state index contributed by atoms with van der Waals surface area (Å²) in [5.41, 5.74) is 1.09. The Bertz CT molecular complexity index is 719. The van der Waals surface area contributed by atoms with Crippen LogP contribution in [-0.4, -0.2) is 28.6 Å². The first kappa shape index (κ1) is 15.4. The minimum absolute atomic E-state index is 0.125. The molecule has 1 heterocycles. The predicted octanol–water partition coefficient (Wildman–Crippen LogP) is 0.450. The highest BCUT2D eigenvalue weighted by molar-refractivity contribution is 5.94. The van der Waals surface area contributed by atoms with Crippen molar-refractivity contribution in [2.75, 3.05) is 6.54 Å². The summed E-state index contributed by atoms with van der Waals surface area (Å²) in [5.74, 6) is -0.558. The molecule has 114 valence electrons. The number of amides is 2. The molecule has 0 aliphatic heterocycles. The normalized spacial score (nSPS) is 10.0. The third-order valence-corrected chi connectivity index (χ3v) is 2.89. The van der Waals surface area contributed by atoms with Gasteiger partial charge in [0.1, 0.15) is 5.69 Å². The van der Waals surface area contributed by atoms with Gasteiger partial charge in [-0.2, -0.15) is 5.10 Å². The zero-order valence-electron chi connectivity index (χ0n) is 12.1. The summed E-state index contributed by atoms with van der Waals surface area (Å²) in [4.78, 5) is 34.5. The summed E-state index contributed by atoms with van der Waals surface area (Å²) < 4.78 is 0. The highest BCUT2D eigenvalue weighted by atomic mass is 16.2. The fraction of sp³-hybridized carbons (Fsp3) is 0.200. The van der Waals surface area contributed by atoms with E-state index in [9.17, 15) is 14.4 Å². The van der Waals surface area contributed by atoms with E-state index in [1.54, 1.807) is 18.2 Å². The number of hydrogen-bond acceptors (Lipinski definition) is 4. The summed E-state index contributed by atoms with van der Waals surface area (Å²) in [5, 5.41) is 11.2. The number of H-pyrrole nitrogens is 1. The quantitative estimate of drug-likeness (QED) is 0.745. The monoisotopic (exact) mass is 300 g/mol. The molecule has 0 bridgehead atoms. The Morgan fingerprint density at radius 3 is 2.64 bits per heavy atom. The van der Waals surface area contributed by atoms with Crippen LogP contribution in [0, 0.1) is 0 Å². The average molecular weight is 300 g/mol. The van der Waals surface area contributed by atoms with Crippen LogP contribution < -0.4 is 16.2 Å². The Kier molecular flexibility index (Phi) is 5.02. The van der Waals surface area contributed by atoms with Crippen molar-refractivity contribution in [3.63, 3.8) is 0 Å². The van der Waals surface area contributed by atoms with Crippen LogP contribution in [0.4, 0.5) is 0 Å². The molecule has 0 aliphatic carbocycles. The van der Waals surface area contributed by atoms with Crippen LogP contribution in [0.1, 0.15) is 33.3 Å². The Balaban J connectivity index is 2.00. The van der Waals surface area contributed by atoms with E-state index in [2.05, 4.69) is 20.8 Å². The van der Waals surface area contributed by atoms with E-state index >= 15 is 0 Å². The van der Waals surface area contributed by atoms with Crippen LogP contribution in [0.2, 0.25) is 0 Å². The standard InChI is InChI=1S/C15H16N4O3/c1-2-16-14(21)11-5-3-4-10(8-11)9-17-15(22)12-6-7-13(20)19-18-12/h3-8H,2,9H2,1H3,(H,16,21)(H,17,22)(H,19,20). The molecule has 3 N–H and O–H groups in total. The largest absolute Gasteiger partial charge is 0.352 e. The lowest BCUT2D eigenvalue weighted by Crippen LogP contribution is -2.26. The second-order valence-electron chi connectivity index (χ2n) is 4.55. The molecule has 1 aromatic heterocycles. The van der Waals surface area contributed by atoms with Crippen molar-refractivity contribution >= 4 is 11.8 Å². The molecule has 0 fully saturated rings. The number of nitrogens with zero attached hydrogens (tertiary/aromatic N) is 1. The third kappa shape index (κ3) is 4.02. The summed E-state index contributed by atoms with van der Waals surface area (Å²) in [6.45, 7) is 2.66. The molecule has 7 nitrogen and oxygen atoms in total. The van der Waals surface area contributed by atoms with Crippen LogP contribution in [0.3, 0.4) is 0 Å². The molecule has 7 heteroatoms. The number of benzene rings is 1. The van der Waals surface area contributed by atoms with Crippen molar-refractivity contribution in [1.29, 1.82) is 0 Å². The molecule has 2 amide bonds. The smallest absolute Gasteiger partial charge is 0.271 e. The van der Waals surface area contributed by atoms with Gasteiger partial charge in [-0.05, 0) is 30.7 Å². The van der Waals surface area contributed by atoms with E-state index in [0.717, 1.165) is 5.56 Å². The van der Waals surface area contributed by atoms with Gasteiger partial charge in [0.15, 0.2) is 0 Å². The van der Waals surface area contributed by atoms with Gasteiger partial charge in [-0.25, -0.2) is 5.10 Å². The van der Waals surface area contributed by atoms with Crippen LogP contribution in [0.15, 0.2) is 41.2 Å². The molecule has 0 saturated heterocycles. The Labute approximate surface area is 126 Å². The van der Waals surface area contributed by atoms with E-state index in [4.69, 9.17) is 0 Å². The van der Waals surface area contributed by atoms with Gasteiger partial charge in [0.05, 0.1) is 0 Å². The molecule has 0 unspecified atom stereocenters. The van der Waals surface area contributed by atoms with Crippen molar-refractivity contribution in [1.82, 2.24) is 20.8 Å². The average Bonchev–Trinajstić information content (AvgIpc) is 2.54. The summed E-state index contributed by atoms with van der Waals surface area (Å²) >= 11 is 0. The fourth-order valence-electron chi connectivity index (χ4n) is 1.83. The molecule has 0 atom stereocenters.